The van der Waals surface area contributed by atoms with Gasteiger partial charge in [-0.2, -0.15) is 4.31 Å². The van der Waals surface area contributed by atoms with Crippen LogP contribution in [0.15, 0.2) is 52.4 Å². The van der Waals surface area contributed by atoms with Gasteiger partial charge in [-0.3, -0.25) is 9.79 Å². The van der Waals surface area contributed by atoms with Crippen LogP contribution in [-0.2, 0) is 21.2 Å². The highest BCUT2D eigenvalue weighted by molar-refractivity contribution is 7.89. The van der Waals surface area contributed by atoms with Crippen LogP contribution in [0, 0.1) is 0 Å². The van der Waals surface area contributed by atoms with Crippen LogP contribution in [-0.4, -0.2) is 68.6 Å². The van der Waals surface area contributed by atoms with Gasteiger partial charge >= 0.3 is 0 Å². The third-order valence-corrected chi connectivity index (χ3v) is 9.51. The molecule has 1 amide bonds. The number of amidine groups is 1. The summed E-state index contributed by atoms with van der Waals surface area (Å²) in [4.78, 5) is 18.9. The van der Waals surface area contributed by atoms with Crippen LogP contribution in [0.3, 0.4) is 0 Å². The Labute approximate surface area is 217 Å². The zero-order valence-electron chi connectivity index (χ0n) is 19.7. The number of aliphatic imine (C=N–C) groups is 1. The summed E-state index contributed by atoms with van der Waals surface area (Å²) in [6.07, 6.45) is 3.00. The minimum absolute atomic E-state index is 0.0103. The number of carbonyl (C=O) groups is 1. The van der Waals surface area contributed by atoms with E-state index in [1.165, 1.54) is 10.4 Å². The molecule has 188 valence electrons. The van der Waals surface area contributed by atoms with Gasteiger partial charge in [-0.25, -0.2) is 8.42 Å². The Morgan fingerprint density at radius 1 is 1.20 bits per heavy atom. The van der Waals surface area contributed by atoms with E-state index >= 15 is 0 Å². The lowest BCUT2D eigenvalue weighted by molar-refractivity contribution is -0.130. The number of nitrogens with one attached hydrogen (secondary N) is 1. The summed E-state index contributed by atoms with van der Waals surface area (Å²) in [6.45, 7) is 2.70. The predicted molar refractivity (Wildman–Crippen MR) is 140 cm³/mol. The second-order valence-electron chi connectivity index (χ2n) is 8.92. The zero-order valence-corrected chi connectivity index (χ0v) is 22.0. The molecular weight excluding hydrogens is 507 g/mol. The molecule has 1 N–H and O–H groups in total. The van der Waals surface area contributed by atoms with E-state index in [1.54, 1.807) is 24.1 Å². The van der Waals surface area contributed by atoms with Crippen molar-refractivity contribution < 1.29 is 13.2 Å². The number of hydrogen-bond donors (Lipinski definition) is 1. The van der Waals surface area contributed by atoms with E-state index in [9.17, 15) is 13.2 Å². The summed E-state index contributed by atoms with van der Waals surface area (Å²) < 4.78 is 28.0. The molecule has 2 heterocycles. The summed E-state index contributed by atoms with van der Waals surface area (Å²) in [5.41, 5.74) is 2.23. The third kappa shape index (κ3) is 6.00. The second kappa shape index (κ2) is 11.3. The van der Waals surface area contributed by atoms with Gasteiger partial charge in [0.15, 0.2) is 0 Å². The Hall–Kier alpha value is -2.13. The molecule has 1 fully saturated rings. The van der Waals surface area contributed by atoms with E-state index in [2.05, 4.69) is 34.6 Å². The van der Waals surface area contributed by atoms with Gasteiger partial charge in [0.25, 0.3) is 0 Å². The minimum Gasteiger partial charge on any atom is -0.368 e. The fourth-order valence-corrected chi connectivity index (χ4v) is 7.01. The standard InChI is InChI=1S/C25H30Cl2N4O3S/c1-30(17-13-18-7-9-19(10-8-18)25-28-14-15-29-25)23(32)12-11-20-4-3-16-31(20)35(33,34)22-6-2-5-21(26)24(22)27/h2,5-10,20H,3-4,11-17H2,1H3,(H,28,29)/t20-/m0/s1. The van der Waals surface area contributed by atoms with E-state index in [1.807, 2.05) is 0 Å². The summed E-state index contributed by atoms with van der Waals surface area (Å²) in [7, 11) is -1.99. The minimum atomic E-state index is -3.79. The SMILES string of the molecule is CN(CCc1ccc(C2=NCCN2)cc1)C(=O)CC[C@@H]1CCCN1S(=O)(=O)c1cccc(Cl)c1Cl. The summed E-state index contributed by atoms with van der Waals surface area (Å²) in [5, 5.41) is 3.51. The lowest BCUT2D eigenvalue weighted by atomic mass is 10.1. The van der Waals surface area contributed by atoms with Crippen LogP contribution < -0.4 is 5.32 Å². The molecule has 0 radical (unpaired) electrons. The van der Waals surface area contributed by atoms with Crippen molar-refractivity contribution in [3.8, 4) is 0 Å². The van der Waals surface area contributed by atoms with Crippen molar-refractivity contribution in [1.82, 2.24) is 14.5 Å². The molecule has 1 atom stereocenters. The number of carbonyl (C=O) groups excluding carboxylic acids is 1. The van der Waals surface area contributed by atoms with Crippen molar-refractivity contribution in [2.45, 2.75) is 43.0 Å². The average Bonchev–Trinajstić information content (AvgIpc) is 3.55. The van der Waals surface area contributed by atoms with Crippen molar-refractivity contribution >= 4 is 45.0 Å². The normalized spacial score (nSPS) is 18.4. The van der Waals surface area contributed by atoms with Crippen molar-refractivity contribution in [2.24, 2.45) is 4.99 Å². The molecular formula is C25H30Cl2N4O3S. The van der Waals surface area contributed by atoms with Gasteiger partial charge in [-0.1, -0.05) is 53.5 Å². The first-order valence-electron chi connectivity index (χ1n) is 11.8. The average molecular weight is 538 g/mol. The fourth-order valence-electron chi connectivity index (χ4n) is 4.55. The molecule has 0 aliphatic carbocycles. The molecule has 4 rings (SSSR count). The number of halogens is 2. The first kappa shape index (κ1) is 25.9. The molecule has 2 aromatic rings. The largest absolute Gasteiger partial charge is 0.368 e. The number of benzene rings is 2. The van der Waals surface area contributed by atoms with Gasteiger partial charge in [-0.15, -0.1) is 0 Å². The van der Waals surface area contributed by atoms with Crippen LogP contribution in [0.1, 0.15) is 36.8 Å². The molecule has 1 saturated heterocycles. The molecule has 2 aliphatic heterocycles. The van der Waals surface area contributed by atoms with E-state index in [0.717, 1.165) is 49.3 Å². The quantitative estimate of drug-likeness (QED) is 0.525. The Bertz CT molecular complexity index is 1200. The van der Waals surface area contributed by atoms with Crippen molar-refractivity contribution in [3.05, 3.63) is 63.6 Å². The van der Waals surface area contributed by atoms with Gasteiger partial charge in [-0.05, 0) is 43.4 Å². The topological polar surface area (TPSA) is 82.1 Å². The molecule has 0 unspecified atom stereocenters. The van der Waals surface area contributed by atoms with Gasteiger partial charge in [0.05, 0.1) is 16.6 Å². The number of nitrogens with zero attached hydrogens (tertiary/aromatic N) is 3. The smallest absolute Gasteiger partial charge is 0.244 e. The van der Waals surface area contributed by atoms with E-state index in [0.29, 0.717) is 25.9 Å². The Balaban J connectivity index is 1.30. The summed E-state index contributed by atoms with van der Waals surface area (Å²) in [5.74, 6) is 0.945. The summed E-state index contributed by atoms with van der Waals surface area (Å²) >= 11 is 12.2. The Kier molecular flexibility index (Phi) is 8.37. The number of rotatable bonds is 9. The Morgan fingerprint density at radius 2 is 1.97 bits per heavy atom. The van der Waals surface area contributed by atoms with E-state index < -0.39 is 10.0 Å². The van der Waals surface area contributed by atoms with Crippen molar-refractivity contribution in [1.29, 1.82) is 0 Å². The lowest BCUT2D eigenvalue weighted by Gasteiger charge is -2.25. The highest BCUT2D eigenvalue weighted by Crippen LogP contribution is 2.35. The maximum atomic E-state index is 13.2. The van der Waals surface area contributed by atoms with Gasteiger partial charge in [0.2, 0.25) is 15.9 Å². The maximum Gasteiger partial charge on any atom is 0.244 e. The lowest BCUT2D eigenvalue weighted by Crippen LogP contribution is -2.37. The van der Waals surface area contributed by atoms with Gasteiger partial charge in [0.1, 0.15) is 10.7 Å². The molecule has 7 nitrogen and oxygen atoms in total. The van der Waals surface area contributed by atoms with Crippen molar-refractivity contribution in [3.63, 3.8) is 0 Å². The second-order valence-corrected chi connectivity index (χ2v) is 11.6. The van der Waals surface area contributed by atoms with Crippen LogP contribution in [0.5, 0.6) is 0 Å². The maximum absolute atomic E-state index is 13.2. The van der Waals surface area contributed by atoms with Crippen LogP contribution in [0.25, 0.3) is 0 Å². The van der Waals surface area contributed by atoms with Crippen LogP contribution in [0.4, 0.5) is 0 Å². The predicted octanol–water partition coefficient (Wildman–Crippen LogP) is 3.98. The van der Waals surface area contributed by atoms with Gasteiger partial charge < -0.3 is 10.2 Å². The Morgan fingerprint density at radius 3 is 2.69 bits per heavy atom. The van der Waals surface area contributed by atoms with E-state index in [4.69, 9.17) is 23.2 Å². The summed E-state index contributed by atoms with van der Waals surface area (Å²) in [6, 6.07) is 12.6. The third-order valence-electron chi connectivity index (χ3n) is 6.58. The highest BCUT2D eigenvalue weighted by atomic mass is 35.5. The molecule has 0 saturated carbocycles. The van der Waals surface area contributed by atoms with E-state index in [-0.39, 0.29) is 26.9 Å². The zero-order chi connectivity index (χ0) is 25.0. The number of amides is 1. The molecule has 0 spiro atoms. The number of likely N-dealkylation sites (N-methyl/N-ethyl adjacent to an activating group) is 1. The molecule has 35 heavy (non-hydrogen) atoms. The van der Waals surface area contributed by atoms with Crippen LogP contribution in [0.2, 0.25) is 10.0 Å². The first-order chi connectivity index (χ1) is 16.8. The molecule has 10 heteroatoms. The molecule has 2 aliphatic rings. The molecule has 2 aromatic carbocycles. The number of sulfonamides is 1. The highest BCUT2D eigenvalue weighted by Gasteiger charge is 2.36. The monoisotopic (exact) mass is 536 g/mol. The van der Waals surface area contributed by atoms with Crippen molar-refractivity contribution in [2.75, 3.05) is 33.2 Å². The fraction of sp³-hybridized carbons (Fsp3) is 0.440. The van der Waals surface area contributed by atoms with Crippen LogP contribution >= 0.6 is 23.2 Å². The van der Waals surface area contributed by atoms with Gasteiger partial charge in [0, 0.05) is 44.7 Å². The first-order valence-corrected chi connectivity index (χ1v) is 14.0. The molecule has 0 bridgehead atoms. The number of hydrogen-bond acceptors (Lipinski definition) is 5. The molecule has 0 aromatic heterocycles.